The lowest BCUT2D eigenvalue weighted by Crippen LogP contribution is -2.30. The maximum atomic E-state index is 12.2. The summed E-state index contributed by atoms with van der Waals surface area (Å²) in [7, 11) is 0. The third-order valence-corrected chi connectivity index (χ3v) is 2.97. The molecule has 1 aromatic rings. The molecular weight excluding hydrogens is 276 g/mol. The van der Waals surface area contributed by atoms with Gasteiger partial charge in [0.1, 0.15) is 5.75 Å². The molecule has 6 heteroatoms. The number of hydrogen-bond donors (Lipinski definition) is 0. The lowest BCUT2D eigenvalue weighted by molar-refractivity contribution is -0.148. The Morgan fingerprint density at radius 1 is 1.10 bits per heavy atom. The van der Waals surface area contributed by atoms with E-state index in [0.29, 0.717) is 0 Å². The first-order chi connectivity index (χ1) is 9.81. The SMILES string of the molecule is CC(=O)Oc1ccc2c(c1)C(=O)C(OC(=O)C(C)C)C2=O. The van der Waals surface area contributed by atoms with Gasteiger partial charge < -0.3 is 9.47 Å². The van der Waals surface area contributed by atoms with Gasteiger partial charge in [-0.2, -0.15) is 0 Å². The molecular formula is C15H14O6. The molecule has 0 saturated carbocycles. The molecule has 21 heavy (non-hydrogen) atoms. The van der Waals surface area contributed by atoms with Gasteiger partial charge in [-0.25, -0.2) is 0 Å². The van der Waals surface area contributed by atoms with Crippen molar-refractivity contribution in [2.45, 2.75) is 26.9 Å². The molecule has 0 saturated heterocycles. The highest BCUT2D eigenvalue weighted by Crippen LogP contribution is 2.28. The zero-order chi connectivity index (χ0) is 15.7. The molecule has 6 nitrogen and oxygen atoms in total. The average Bonchev–Trinajstić information content (AvgIpc) is 2.63. The van der Waals surface area contributed by atoms with Crippen molar-refractivity contribution in [3.8, 4) is 5.75 Å². The van der Waals surface area contributed by atoms with Gasteiger partial charge in [-0.1, -0.05) is 13.8 Å². The van der Waals surface area contributed by atoms with E-state index in [1.807, 2.05) is 0 Å². The molecule has 0 spiro atoms. The van der Waals surface area contributed by atoms with Crippen molar-refractivity contribution >= 4 is 23.5 Å². The molecule has 0 fully saturated rings. The average molecular weight is 290 g/mol. The molecule has 0 amide bonds. The van der Waals surface area contributed by atoms with Crippen LogP contribution in [0.1, 0.15) is 41.5 Å². The number of rotatable bonds is 3. The van der Waals surface area contributed by atoms with Crippen molar-refractivity contribution in [3.63, 3.8) is 0 Å². The molecule has 1 aromatic carbocycles. The summed E-state index contributed by atoms with van der Waals surface area (Å²) in [5, 5.41) is 0. The summed E-state index contributed by atoms with van der Waals surface area (Å²) in [5.74, 6) is -2.58. The fourth-order valence-corrected chi connectivity index (χ4v) is 1.93. The molecule has 1 atom stereocenters. The van der Waals surface area contributed by atoms with Crippen LogP contribution in [0.15, 0.2) is 18.2 Å². The maximum Gasteiger partial charge on any atom is 0.309 e. The van der Waals surface area contributed by atoms with E-state index in [0.717, 1.165) is 0 Å². The van der Waals surface area contributed by atoms with E-state index in [-0.39, 0.29) is 16.9 Å². The first-order valence-corrected chi connectivity index (χ1v) is 6.42. The van der Waals surface area contributed by atoms with Crippen LogP contribution in [-0.2, 0) is 14.3 Å². The van der Waals surface area contributed by atoms with Gasteiger partial charge in [-0.05, 0) is 18.2 Å². The lowest BCUT2D eigenvalue weighted by Gasteiger charge is -2.10. The molecule has 2 rings (SSSR count). The number of carbonyl (C=O) groups excluding carboxylic acids is 4. The van der Waals surface area contributed by atoms with Crippen molar-refractivity contribution < 1.29 is 28.7 Å². The molecule has 1 unspecified atom stereocenters. The Hall–Kier alpha value is -2.50. The Morgan fingerprint density at radius 3 is 2.29 bits per heavy atom. The molecule has 1 aliphatic rings. The van der Waals surface area contributed by atoms with Crippen LogP contribution in [0.3, 0.4) is 0 Å². The van der Waals surface area contributed by atoms with Crippen LogP contribution < -0.4 is 4.74 Å². The Balaban J connectivity index is 2.29. The second kappa shape index (κ2) is 5.47. The molecule has 1 aliphatic carbocycles. The van der Waals surface area contributed by atoms with Crippen LogP contribution in [0.4, 0.5) is 0 Å². The largest absolute Gasteiger partial charge is 0.445 e. The summed E-state index contributed by atoms with van der Waals surface area (Å²) in [6, 6.07) is 4.11. The highest BCUT2D eigenvalue weighted by atomic mass is 16.6. The number of ketones is 2. The summed E-state index contributed by atoms with van der Waals surface area (Å²) in [6.45, 7) is 4.45. The van der Waals surface area contributed by atoms with Crippen LogP contribution in [0, 0.1) is 5.92 Å². The maximum absolute atomic E-state index is 12.2. The highest BCUT2D eigenvalue weighted by molar-refractivity contribution is 6.29. The van der Waals surface area contributed by atoms with Crippen LogP contribution >= 0.6 is 0 Å². The predicted molar refractivity (Wildman–Crippen MR) is 71.1 cm³/mol. The number of ether oxygens (including phenoxy) is 2. The fraction of sp³-hybridized carbons (Fsp3) is 0.333. The number of fused-ring (bicyclic) bond motifs is 1. The molecule has 0 heterocycles. The van der Waals surface area contributed by atoms with Gasteiger partial charge in [0.2, 0.25) is 17.7 Å². The van der Waals surface area contributed by atoms with Crippen molar-refractivity contribution in [1.29, 1.82) is 0 Å². The van der Waals surface area contributed by atoms with E-state index in [1.165, 1.54) is 25.1 Å². The number of hydrogen-bond acceptors (Lipinski definition) is 6. The summed E-state index contributed by atoms with van der Waals surface area (Å²) in [4.78, 5) is 46.7. The number of carbonyl (C=O) groups is 4. The second-order valence-corrected chi connectivity index (χ2v) is 5.00. The van der Waals surface area contributed by atoms with Crippen molar-refractivity contribution in [1.82, 2.24) is 0 Å². The first kappa shape index (κ1) is 14.9. The molecule has 110 valence electrons. The van der Waals surface area contributed by atoms with E-state index < -0.39 is 35.5 Å². The van der Waals surface area contributed by atoms with Gasteiger partial charge >= 0.3 is 11.9 Å². The van der Waals surface area contributed by atoms with Crippen LogP contribution in [-0.4, -0.2) is 29.6 Å². The van der Waals surface area contributed by atoms with Gasteiger partial charge in [0, 0.05) is 18.1 Å². The summed E-state index contributed by atoms with van der Waals surface area (Å²) >= 11 is 0. The molecule has 0 radical (unpaired) electrons. The number of benzene rings is 1. The zero-order valence-corrected chi connectivity index (χ0v) is 11.8. The minimum Gasteiger partial charge on any atom is -0.445 e. The van der Waals surface area contributed by atoms with Crippen LogP contribution in [0.2, 0.25) is 0 Å². The zero-order valence-electron chi connectivity index (χ0n) is 11.8. The summed E-state index contributed by atoms with van der Waals surface area (Å²) in [6.07, 6.45) is -1.44. The Kier molecular flexibility index (Phi) is 3.88. The topological polar surface area (TPSA) is 86.7 Å². The standard InChI is InChI=1S/C15H14O6/c1-7(2)15(19)21-14-12(17)10-5-4-9(20-8(3)16)6-11(10)13(14)18/h4-7,14H,1-3H3. The third-order valence-electron chi connectivity index (χ3n) is 2.97. The third kappa shape index (κ3) is 2.84. The molecule has 0 N–H and O–H groups in total. The Morgan fingerprint density at radius 2 is 1.71 bits per heavy atom. The summed E-state index contributed by atoms with van der Waals surface area (Å²) < 4.78 is 9.82. The molecule has 0 bridgehead atoms. The predicted octanol–water partition coefficient (Wildman–Crippen LogP) is 1.56. The van der Waals surface area contributed by atoms with E-state index >= 15 is 0 Å². The van der Waals surface area contributed by atoms with Gasteiger partial charge in [-0.3, -0.25) is 19.2 Å². The molecule has 0 aliphatic heterocycles. The smallest absolute Gasteiger partial charge is 0.309 e. The van der Waals surface area contributed by atoms with Gasteiger partial charge in [0.15, 0.2) is 0 Å². The van der Waals surface area contributed by atoms with Crippen LogP contribution in [0.5, 0.6) is 5.75 Å². The van der Waals surface area contributed by atoms with E-state index in [1.54, 1.807) is 13.8 Å². The Bertz CT molecular complexity index is 644. The quantitative estimate of drug-likeness (QED) is 0.477. The molecule has 0 aromatic heterocycles. The lowest BCUT2D eigenvalue weighted by atomic mass is 10.1. The van der Waals surface area contributed by atoms with E-state index in [2.05, 4.69) is 0 Å². The number of esters is 2. The van der Waals surface area contributed by atoms with Crippen molar-refractivity contribution in [3.05, 3.63) is 29.3 Å². The van der Waals surface area contributed by atoms with Crippen molar-refractivity contribution in [2.24, 2.45) is 5.92 Å². The minimum absolute atomic E-state index is 0.0975. The fourth-order valence-electron chi connectivity index (χ4n) is 1.93. The highest BCUT2D eigenvalue weighted by Gasteiger charge is 2.42. The minimum atomic E-state index is -1.44. The summed E-state index contributed by atoms with van der Waals surface area (Å²) in [5.41, 5.74) is 0.262. The van der Waals surface area contributed by atoms with Gasteiger partial charge in [0.05, 0.1) is 5.92 Å². The normalized spacial score (nSPS) is 16.9. The van der Waals surface area contributed by atoms with E-state index in [4.69, 9.17) is 9.47 Å². The van der Waals surface area contributed by atoms with E-state index in [9.17, 15) is 19.2 Å². The van der Waals surface area contributed by atoms with Crippen LogP contribution in [0.25, 0.3) is 0 Å². The first-order valence-electron chi connectivity index (χ1n) is 6.42. The second-order valence-electron chi connectivity index (χ2n) is 5.00. The van der Waals surface area contributed by atoms with Gasteiger partial charge in [0.25, 0.3) is 0 Å². The monoisotopic (exact) mass is 290 g/mol. The van der Waals surface area contributed by atoms with Gasteiger partial charge in [-0.15, -0.1) is 0 Å². The van der Waals surface area contributed by atoms with Crippen molar-refractivity contribution in [2.75, 3.05) is 0 Å². The Labute approximate surface area is 121 Å². The number of Topliss-reactive ketones (excluding diaryl/α,β-unsaturated/α-hetero) is 2.